The minimum Gasteiger partial charge on any atom is -0.619 e. The van der Waals surface area contributed by atoms with Gasteiger partial charge >= 0.3 is 0 Å². The Bertz CT molecular complexity index is 4270. The van der Waals surface area contributed by atoms with Crippen LogP contribution in [0.2, 0.25) is 0 Å². The standard InChI is InChI=1S/C81H81N2O4.Zr/c1-14-73(86-71-37-31-51(41-53(71)39-49-23-17-15-18-24-49)59-27-21-29-61(76(59)84)65-45-57(80(8,9)10)47-67-63-43-55(78(2,3)4)33-35-69(63)82-74(65)67)87-72-38-32-52(42-54(72)40-50-25-19-16-20-26-50)60-28-22-30-62(77(60)85)66-46-58(81(11,12)13)48-68-64-44-56(79(5,6)7)34-36-70(64)83-75(66)68;/h15-38,41-48,82-85H,14,39-40H2,1-13H3;/q-1;. The number of nitrogens with one attached hydrogen (secondary N) is 2. The summed E-state index contributed by atoms with van der Waals surface area (Å²) in [6.07, 6.45) is 2.09. The Hall–Kier alpha value is -8.12. The quantitative estimate of drug-likeness (QED) is 0.0866. The molecule has 2 aromatic heterocycles. The van der Waals surface area contributed by atoms with Crippen molar-refractivity contribution >= 4 is 43.6 Å². The van der Waals surface area contributed by atoms with Crippen molar-refractivity contribution in [1.82, 2.24) is 9.97 Å². The van der Waals surface area contributed by atoms with Crippen molar-refractivity contribution in [1.29, 1.82) is 0 Å². The van der Waals surface area contributed by atoms with Gasteiger partial charge in [-0.2, -0.15) is 0 Å². The van der Waals surface area contributed by atoms with Gasteiger partial charge in [-0.05, 0) is 150 Å². The third kappa shape index (κ3) is 12.2. The number of ether oxygens (including phenoxy) is 2. The van der Waals surface area contributed by atoms with Gasteiger partial charge in [-0.3, -0.25) is 0 Å². The Morgan fingerprint density at radius 2 is 0.727 bits per heavy atom. The van der Waals surface area contributed by atoms with Crippen LogP contribution in [-0.2, 0) is 60.7 Å². The second-order valence-corrected chi connectivity index (χ2v) is 28.0. The van der Waals surface area contributed by atoms with Gasteiger partial charge < -0.3 is 29.7 Å². The maximum atomic E-state index is 12.6. The average molecular weight is 1240 g/mol. The monoisotopic (exact) mass is 1240 g/mol. The van der Waals surface area contributed by atoms with Crippen molar-refractivity contribution in [3.8, 4) is 67.5 Å². The zero-order valence-electron chi connectivity index (χ0n) is 53.3. The maximum absolute atomic E-state index is 12.6. The molecule has 0 aliphatic carbocycles. The molecule has 7 heteroatoms. The summed E-state index contributed by atoms with van der Waals surface area (Å²) in [7, 11) is 0. The van der Waals surface area contributed by atoms with Crippen molar-refractivity contribution in [3.05, 3.63) is 245 Å². The zero-order valence-corrected chi connectivity index (χ0v) is 55.8. The third-order valence-electron chi connectivity index (χ3n) is 17.5. The molecule has 0 saturated carbocycles. The minimum atomic E-state index is -0.143. The topological polar surface area (TPSA) is 90.5 Å². The van der Waals surface area contributed by atoms with Gasteiger partial charge in [0, 0.05) is 111 Å². The summed E-state index contributed by atoms with van der Waals surface area (Å²) >= 11 is 0. The molecule has 12 aromatic rings. The molecular formula is C81H81N2O4Zr-. The maximum Gasteiger partial charge on any atom is 0.131 e. The first-order valence-corrected chi connectivity index (χ1v) is 30.8. The second-order valence-electron chi connectivity index (χ2n) is 28.0. The van der Waals surface area contributed by atoms with Gasteiger partial charge in [0.2, 0.25) is 0 Å². The number of hydrogen-bond acceptors (Lipinski definition) is 4. The van der Waals surface area contributed by atoms with Crippen LogP contribution < -0.4 is 9.47 Å². The molecule has 444 valence electrons. The van der Waals surface area contributed by atoms with Crippen molar-refractivity contribution < 1.29 is 45.9 Å². The number of fused-ring (bicyclic) bond motifs is 6. The first-order chi connectivity index (χ1) is 41.4. The molecule has 4 N–H and O–H groups in total. The summed E-state index contributed by atoms with van der Waals surface area (Å²) in [6.45, 7) is 29.1. The number of rotatable bonds is 13. The number of phenolic OH excluding ortho intramolecular Hbond substituents is 2. The summed E-state index contributed by atoms with van der Waals surface area (Å²) in [5.74, 6) is 1.76. The number of aromatic amines is 2. The number of hydrogen-bond donors (Lipinski definition) is 4. The van der Waals surface area contributed by atoms with Gasteiger partial charge in [0.15, 0.2) is 0 Å². The van der Waals surface area contributed by atoms with Crippen molar-refractivity contribution in [2.24, 2.45) is 0 Å². The molecule has 0 aliphatic rings. The molecule has 0 bridgehead atoms. The van der Waals surface area contributed by atoms with Crippen molar-refractivity contribution in [3.63, 3.8) is 0 Å². The number of phenols is 2. The molecule has 0 aliphatic heterocycles. The van der Waals surface area contributed by atoms with Gasteiger partial charge in [0.25, 0.3) is 0 Å². The van der Waals surface area contributed by atoms with Crippen LogP contribution in [0.15, 0.2) is 194 Å². The Morgan fingerprint density at radius 3 is 1.09 bits per heavy atom. The fourth-order valence-corrected chi connectivity index (χ4v) is 12.2. The van der Waals surface area contributed by atoms with Crippen LogP contribution in [0.1, 0.15) is 141 Å². The first kappa shape index (κ1) is 61.5. The molecule has 10 aromatic carbocycles. The minimum absolute atomic E-state index is 0. The molecule has 88 heavy (non-hydrogen) atoms. The molecule has 0 radical (unpaired) electrons. The summed E-state index contributed by atoms with van der Waals surface area (Å²) < 4.78 is 13.9. The van der Waals surface area contributed by atoms with Crippen molar-refractivity contribution in [2.75, 3.05) is 0 Å². The van der Waals surface area contributed by atoms with E-state index in [9.17, 15) is 10.2 Å². The number of benzene rings is 10. The summed E-state index contributed by atoms with van der Waals surface area (Å²) in [6, 6.07) is 68.0. The Morgan fingerprint density at radius 1 is 0.364 bits per heavy atom. The van der Waals surface area contributed by atoms with Crippen LogP contribution in [-0.4, -0.2) is 20.2 Å². The Labute approximate surface area is 539 Å². The van der Waals surface area contributed by atoms with Gasteiger partial charge in [0.1, 0.15) is 11.5 Å². The van der Waals surface area contributed by atoms with Crippen LogP contribution in [0, 0.1) is 6.29 Å². The molecule has 0 atom stereocenters. The second kappa shape index (κ2) is 23.8. The van der Waals surface area contributed by atoms with Gasteiger partial charge in [-0.25, -0.2) is 0 Å². The third-order valence-corrected chi connectivity index (χ3v) is 17.5. The van der Waals surface area contributed by atoms with E-state index in [0.717, 1.165) is 99.6 Å². The molecule has 0 spiro atoms. The van der Waals surface area contributed by atoms with Gasteiger partial charge in [0.05, 0.1) is 22.5 Å². The van der Waals surface area contributed by atoms with Gasteiger partial charge in [-0.15, -0.1) is 6.42 Å². The van der Waals surface area contributed by atoms with E-state index in [4.69, 9.17) is 9.47 Å². The molecule has 0 fully saturated rings. The fraction of sp³-hybridized carbons (Fsp3) is 0.247. The normalized spacial score (nSPS) is 12.4. The molecule has 0 saturated heterocycles. The number of aromatic nitrogens is 2. The molecule has 0 unspecified atom stereocenters. The van der Waals surface area contributed by atoms with E-state index in [-0.39, 0.29) is 59.4 Å². The smallest absolute Gasteiger partial charge is 0.131 e. The SMILES string of the molecule is CC[C-](Oc1ccc(-c2cccc(-c3cc(C(C)(C)C)cc4c3[nH]c3ccc(C(C)(C)C)cc34)c2O)cc1Cc1ccccc1)Oc1ccc(-c2cccc(-c3cc(C(C)(C)C)cc4c3[nH]c3ccc(C(C)(C)C)cc34)c2O)cc1Cc1ccccc1.[Zr]. The first-order valence-electron chi connectivity index (χ1n) is 30.8. The van der Waals surface area contributed by atoms with Crippen LogP contribution in [0.4, 0.5) is 0 Å². The predicted octanol–water partition coefficient (Wildman–Crippen LogP) is 21.8. The Kier molecular flexibility index (Phi) is 16.6. The summed E-state index contributed by atoms with van der Waals surface area (Å²) in [5, 5.41) is 29.9. The van der Waals surface area contributed by atoms with E-state index >= 15 is 0 Å². The molecule has 0 amide bonds. The largest absolute Gasteiger partial charge is 0.619 e. The number of H-pyrrole nitrogens is 2. The summed E-state index contributed by atoms with van der Waals surface area (Å²) in [5.41, 5.74) is 19.6. The Balaban J connectivity index is 0.00000800. The van der Waals surface area contributed by atoms with Crippen LogP contribution in [0.3, 0.4) is 0 Å². The fourth-order valence-electron chi connectivity index (χ4n) is 12.2. The molecule has 2 heterocycles. The van der Waals surface area contributed by atoms with Gasteiger partial charge in [-0.1, -0.05) is 211 Å². The van der Waals surface area contributed by atoms with E-state index in [1.807, 2.05) is 79.7 Å². The number of para-hydroxylation sites is 2. The van der Waals surface area contributed by atoms with Crippen LogP contribution in [0.5, 0.6) is 23.0 Å². The number of aromatic hydroxyl groups is 2. The summed E-state index contributed by atoms with van der Waals surface area (Å²) in [4.78, 5) is 7.55. The predicted molar refractivity (Wildman–Crippen MR) is 365 cm³/mol. The van der Waals surface area contributed by atoms with E-state index < -0.39 is 0 Å². The van der Waals surface area contributed by atoms with Crippen LogP contribution >= 0.6 is 0 Å². The average Bonchev–Trinajstić information content (AvgIpc) is 2.06. The molecule has 6 nitrogen and oxygen atoms in total. The molecule has 12 rings (SSSR count). The van der Waals surface area contributed by atoms with E-state index in [2.05, 4.69) is 214 Å². The van der Waals surface area contributed by atoms with E-state index in [1.54, 1.807) is 0 Å². The van der Waals surface area contributed by atoms with Crippen LogP contribution in [0.25, 0.3) is 88.1 Å². The van der Waals surface area contributed by atoms with E-state index in [1.165, 1.54) is 33.0 Å². The van der Waals surface area contributed by atoms with Crippen molar-refractivity contribution in [2.45, 2.75) is 131 Å². The zero-order chi connectivity index (χ0) is 61.3. The molecular weight excluding hydrogens is 1160 g/mol. The van der Waals surface area contributed by atoms with E-state index in [0.29, 0.717) is 37.1 Å².